The summed E-state index contributed by atoms with van der Waals surface area (Å²) in [7, 11) is 0. The Hall–Kier alpha value is -4.10. The topological polar surface area (TPSA) is 68.5 Å². The number of nitrogens with one attached hydrogen (secondary N) is 1. The fraction of sp³-hybridized carbons (Fsp3) is 0.107. The van der Waals surface area contributed by atoms with E-state index in [1.165, 1.54) is 11.1 Å². The van der Waals surface area contributed by atoms with E-state index in [4.69, 9.17) is 4.74 Å². The molecule has 0 aliphatic carbocycles. The minimum atomic E-state index is -0.164. The monoisotopic (exact) mass is 480 g/mol. The number of amides is 1. The Morgan fingerprint density at radius 1 is 1.00 bits per heavy atom. The SMILES string of the molecule is Cc1ccc2nc(COc3ccc(C(=O)Nc4ccc(SCc5cccnc5)cc4)cc3)cn2c1. The number of aromatic nitrogens is 3. The highest BCUT2D eigenvalue weighted by molar-refractivity contribution is 7.98. The summed E-state index contributed by atoms with van der Waals surface area (Å²) in [5.41, 5.74) is 5.40. The summed E-state index contributed by atoms with van der Waals surface area (Å²) >= 11 is 1.73. The van der Waals surface area contributed by atoms with Crippen LogP contribution in [0.3, 0.4) is 0 Å². The first-order valence-corrected chi connectivity index (χ1v) is 12.2. The molecule has 0 fully saturated rings. The van der Waals surface area contributed by atoms with Crippen molar-refractivity contribution in [1.29, 1.82) is 0 Å². The zero-order chi connectivity index (χ0) is 24.0. The smallest absolute Gasteiger partial charge is 0.255 e. The van der Waals surface area contributed by atoms with Gasteiger partial charge in [0.25, 0.3) is 5.91 Å². The van der Waals surface area contributed by atoms with Crippen LogP contribution in [-0.2, 0) is 12.4 Å². The van der Waals surface area contributed by atoms with E-state index in [9.17, 15) is 4.79 Å². The van der Waals surface area contributed by atoms with Crippen molar-refractivity contribution in [1.82, 2.24) is 14.4 Å². The fourth-order valence-electron chi connectivity index (χ4n) is 3.57. The van der Waals surface area contributed by atoms with Gasteiger partial charge < -0.3 is 14.5 Å². The molecule has 35 heavy (non-hydrogen) atoms. The van der Waals surface area contributed by atoms with Crippen molar-refractivity contribution in [2.24, 2.45) is 0 Å². The molecule has 3 heterocycles. The van der Waals surface area contributed by atoms with Gasteiger partial charge in [-0.2, -0.15) is 0 Å². The van der Waals surface area contributed by atoms with Crippen LogP contribution in [-0.4, -0.2) is 20.3 Å². The van der Waals surface area contributed by atoms with Crippen LogP contribution in [0.2, 0.25) is 0 Å². The van der Waals surface area contributed by atoms with Crippen molar-refractivity contribution in [2.45, 2.75) is 24.2 Å². The van der Waals surface area contributed by atoms with Crippen LogP contribution >= 0.6 is 11.8 Å². The first kappa shape index (κ1) is 22.7. The van der Waals surface area contributed by atoms with Crippen molar-refractivity contribution < 1.29 is 9.53 Å². The number of ether oxygens (including phenoxy) is 1. The van der Waals surface area contributed by atoms with Gasteiger partial charge in [0.2, 0.25) is 0 Å². The molecule has 0 spiro atoms. The maximum atomic E-state index is 12.7. The lowest BCUT2D eigenvalue weighted by atomic mass is 10.2. The Morgan fingerprint density at radius 2 is 1.83 bits per heavy atom. The molecule has 3 aromatic heterocycles. The van der Waals surface area contributed by atoms with E-state index in [2.05, 4.69) is 21.4 Å². The molecule has 0 saturated carbocycles. The summed E-state index contributed by atoms with van der Waals surface area (Å²) in [5, 5.41) is 2.94. The molecule has 2 aromatic carbocycles. The Balaban J connectivity index is 1.13. The number of fused-ring (bicyclic) bond motifs is 1. The number of carbonyl (C=O) groups excluding carboxylic acids is 1. The third-order valence-electron chi connectivity index (χ3n) is 5.39. The molecule has 0 radical (unpaired) electrons. The van der Waals surface area contributed by atoms with E-state index in [1.807, 2.05) is 72.4 Å². The quantitative estimate of drug-likeness (QED) is 0.269. The van der Waals surface area contributed by atoms with Gasteiger partial charge in [0, 0.05) is 46.7 Å². The molecule has 6 nitrogen and oxygen atoms in total. The second-order valence-corrected chi connectivity index (χ2v) is 9.19. The van der Waals surface area contributed by atoms with E-state index in [0.29, 0.717) is 17.9 Å². The summed E-state index contributed by atoms with van der Waals surface area (Å²) in [6.45, 7) is 2.41. The number of aryl methyl sites for hydroxylation is 1. The predicted octanol–water partition coefficient (Wildman–Crippen LogP) is 6.16. The minimum Gasteiger partial charge on any atom is -0.487 e. The summed E-state index contributed by atoms with van der Waals surface area (Å²) < 4.78 is 7.85. The zero-order valence-electron chi connectivity index (χ0n) is 19.2. The molecular weight excluding hydrogens is 456 g/mol. The lowest BCUT2D eigenvalue weighted by Crippen LogP contribution is -2.11. The molecule has 1 N–H and O–H groups in total. The minimum absolute atomic E-state index is 0.164. The maximum Gasteiger partial charge on any atom is 0.255 e. The van der Waals surface area contributed by atoms with Gasteiger partial charge in [0.05, 0.1) is 5.69 Å². The summed E-state index contributed by atoms with van der Waals surface area (Å²) in [5.74, 6) is 1.37. The van der Waals surface area contributed by atoms with Gasteiger partial charge in [-0.25, -0.2) is 4.98 Å². The fourth-order valence-corrected chi connectivity index (χ4v) is 4.41. The van der Waals surface area contributed by atoms with Gasteiger partial charge in [-0.05, 0) is 78.7 Å². The highest BCUT2D eigenvalue weighted by Crippen LogP contribution is 2.24. The number of carbonyl (C=O) groups is 1. The first-order chi connectivity index (χ1) is 17.1. The Labute approximate surface area is 208 Å². The van der Waals surface area contributed by atoms with Gasteiger partial charge in [-0.3, -0.25) is 9.78 Å². The van der Waals surface area contributed by atoms with Crippen LogP contribution in [0, 0.1) is 6.92 Å². The highest BCUT2D eigenvalue weighted by Gasteiger charge is 2.08. The molecule has 0 atom stereocenters. The standard InChI is InChI=1S/C28H24N4O2S/c1-20-4-13-27-30-24(17-32(27)16-20)18-34-25-9-5-22(6-10-25)28(33)31-23-7-11-26(12-8-23)35-19-21-3-2-14-29-15-21/h2-17H,18-19H2,1H3,(H,31,33). The normalized spacial score (nSPS) is 10.9. The second-order valence-electron chi connectivity index (χ2n) is 8.15. The molecule has 5 aromatic rings. The van der Waals surface area contributed by atoms with E-state index < -0.39 is 0 Å². The van der Waals surface area contributed by atoms with Crippen molar-refractivity contribution in [2.75, 3.05) is 5.32 Å². The van der Waals surface area contributed by atoms with Crippen LogP contribution in [0.25, 0.3) is 5.65 Å². The van der Waals surface area contributed by atoms with E-state index in [1.54, 1.807) is 42.2 Å². The number of anilines is 1. The van der Waals surface area contributed by atoms with Crippen LogP contribution in [0.4, 0.5) is 5.69 Å². The predicted molar refractivity (Wildman–Crippen MR) is 139 cm³/mol. The van der Waals surface area contributed by atoms with E-state index >= 15 is 0 Å². The van der Waals surface area contributed by atoms with E-state index in [-0.39, 0.29) is 5.91 Å². The third kappa shape index (κ3) is 5.88. The lowest BCUT2D eigenvalue weighted by Gasteiger charge is -2.08. The maximum absolute atomic E-state index is 12.7. The second kappa shape index (κ2) is 10.4. The average Bonchev–Trinajstić information content (AvgIpc) is 3.30. The molecule has 7 heteroatoms. The van der Waals surface area contributed by atoms with Crippen molar-refractivity contribution in [3.63, 3.8) is 0 Å². The largest absolute Gasteiger partial charge is 0.487 e. The van der Waals surface area contributed by atoms with Crippen molar-refractivity contribution in [3.05, 3.63) is 120 Å². The van der Waals surface area contributed by atoms with Gasteiger partial charge in [-0.1, -0.05) is 12.1 Å². The molecule has 0 aliphatic heterocycles. The van der Waals surface area contributed by atoms with Crippen LogP contribution in [0.1, 0.15) is 27.2 Å². The highest BCUT2D eigenvalue weighted by atomic mass is 32.2. The van der Waals surface area contributed by atoms with Crippen molar-refractivity contribution in [3.8, 4) is 5.75 Å². The average molecular weight is 481 g/mol. The number of nitrogens with zero attached hydrogens (tertiary/aromatic N) is 3. The molecule has 1 amide bonds. The zero-order valence-corrected chi connectivity index (χ0v) is 20.0. The number of rotatable bonds is 8. The van der Waals surface area contributed by atoms with Gasteiger partial charge in [-0.15, -0.1) is 11.8 Å². The van der Waals surface area contributed by atoms with E-state index in [0.717, 1.165) is 27.7 Å². The summed E-state index contributed by atoms with van der Waals surface area (Å²) in [6, 6.07) is 23.0. The van der Waals surface area contributed by atoms with Crippen LogP contribution < -0.4 is 10.1 Å². The number of pyridine rings is 2. The van der Waals surface area contributed by atoms with Crippen molar-refractivity contribution >= 4 is 29.0 Å². The number of hydrogen-bond donors (Lipinski definition) is 1. The number of thioether (sulfide) groups is 1. The Kier molecular flexibility index (Phi) is 6.77. The summed E-state index contributed by atoms with van der Waals surface area (Å²) in [4.78, 5) is 22.5. The molecule has 0 saturated heterocycles. The first-order valence-electron chi connectivity index (χ1n) is 11.2. The Morgan fingerprint density at radius 3 is 2.60 bits per heavy atom. The summed E-state index contributed by atoms with van der Waals surface area (Å²) in [6.07, 6.45) is 7.65. The van der Waals surface area contributed by atoms with Crippen LogP contribution in [0.15, 0.2) is 102 Å². The molecular formula is C28H24N4O2S. The number of hydrogen-bond acceptors (Lipinski definition) is 5. The number of imidazole rings is 1. The molecule has 5 rings (SSSR count). The molecule has 0 aliphatic rings. The number of benzene rings is 2. The Bertz CT molecular complexity index is 1430. The molecule has 0 unspecified atom stereocenters. The van der Waals surface area contributed by atoms with Crippen LogP contribution in [0.5, 0.6) is 5.75 Å². The van der Waals surface area contributed by atoms with Gasteiger partial charge in [0.1, 0.15) is 18.0 Å². The lowest BCUT2D eigenvalue weighted by molar-refractivity contribution is 0.102. The van der Waals surface area contributed by atoms with Gasteiger partial charge in [0.15, 0.2) is 0 Å². The molecule has 0 bridgehead atoms. The molecule has 174 valence electrons. The third-order valence-corrected chi connectivity index (χ3v) is 6.48. The van der Waals surface area contributed by atoms with Gasteiger partial charge >= 0.3 is 0 Å².